The van der Waals surface area contributed by atoms with Crippen molar-refractivity contribution < 1.29 is 14.3 Å². The smallest absolute Gasteiger partial charge is 0.273 e. The number of para-hydroxylation sites is 1. The molecule has 0 saturated carbocycles. The third-order valence-corrected chi connectivity index (χ3v) is 5.32. The van der Waals surface area contributed by atoms with Gasteiger partial charge in [0.1, 0.15) is 22.9 Å². The molecule has 1 atom stereocenters. The molecular formula is C23H19N3O3. The maximum atomic E-state index is 13.3. The second-order valence-corrected chi connectivity index (χ2v) is 7.20. The number of amides is 1. The van der Waals surface area contributed by atoms with E-state index in [-0.39, 0.29) is 17.7 Å². The van der Waals surface area contributed by atoms with Gasteiger partial charge in [-0.25, -0.2) is 0 Å². The molecule has 29 heavy (non-hydrogen) atoms. The lowest BCUT2D eigenvalue weighted by Gasteiger charge is -2.25. The second kappa shape index (κ2) is 6.67. The third kappa shape index (κ3) is 2.81. The highest BCUT2D eigenvalue weighted by Crippen LogP contribution is 2.44. The van der Waals surface area contributed by atoms with Crippen LogP contribution in [0.4, 0.5) is 0 Å². The van der Waals surface area contributed by atoms with Crippen molar-refractivity contribution in [2.75, 3.05) is 0 Å². The van der Waals surface area contributed by atoms with Gasteiger partial charge in [-0.3, -0.25) is 9.89 Å². The van der Waals surface area contributed by atoms with Crippen molar-refractivity contribution in [1.82, 2.24) is 15.1 Å². The van der Waals surface area contributed by atoms with Crippen molar-refractivity contribution in [3.63, 3.8) is 0 Å². The highest BCUT2D eigenvalue weighted by molar-refractivity contribution is 6.00. The number of benzene rings is 2. The fraction of sp³-hybridized carbons (Fsp3) is 0.130. The molecular weight excluding hydrogens is 366 g/mol. The summed E-state index contributed by atoms with van der Waals surface area (Å²) in [6, 6.07) is 18.5. The number of carbonyl (C=O) groups excluding carboxylic acids is 1. The maximum Gasteiger partial charge on any atom is 0.273 e. The summed E-state index contributed by atoms with van der Waals surface area (Å²) in [6.07, 6.45) is 1.60. The molecule has 2 aromatic carbocycles. The molecule has 0 aliphatic carbocycles. The first kappa shape index (κ1) is 17.3. The zero-order chi connectivity index (χ0) is 20.0. The molecule has 6 heteroatoms. The lowest BCUT2D eigenvalue weighted by molar-refractivity contribution is 0.0717. The quantitative estimate of drug-likeness (QED) is 0.544. The van der Waals surface area contributed by atoms with Crippen LogP contribution in [0.25, 0.3) is 11.3 Å². The van der Waals surface area contributed by atoms with Gasteiger partial charge in [0.2, 0.25) is 0 Å². The van der Waals surface area contributed by atoms with Crippen LogP contribution in [0.5, 0.6) is 5.75 Å². The summed E-state index contributed by atoms with van der Waals surface area (Å²) in [5, 5.41) is 17.7. The summed E-state index contributed by atoms with van der Waals surface area (Å²) >= 11 is 0. The van der Waals surface area contributed by atoms with E-state index in [1.807, 2.05) is 49.4 Å². The average Bonchev–Trinajstić information content (AvgIpc) is 3.44. The van der Waals surface area contributed by atoms with Crippen LogP contribution < -0.4 is 0 Å². The summed E-state index contributed by atoms with van der Waals surface area (Å²) in [5.74, 6) is 0.690. The Balaban J connectivity index is 1.68. The molecule has 0 bridgehead atoms. The van der Waals surface area contributed by atoms with Gasteiger partial charge in [-0.1, -0.05) is 42.0 Å². The molecule has 0 radical (unpaired) electrons. The zero-order valence-corrected chi connectivity index (χ0v) is 15.8. The second-order valence-electron chi connectivity index (χ2n) is 7.20. The first-order chi connectivity index (χ1) is 14.1. The zero-order valence-electron chi connectivity index (χ0n) is 15.8. The van der Waals surface area contributed by atoms with Crippen LogP contribution in [0.2, 0.25) is 0 Å². The summed E-state index contributed by atoms with van der Waals surface area (Å²) < 4.78 is 5.50. The standard InChI is InChI=1S/C23H19N3O3/c1-14-8-10-15(11-9-14)22-19-20(17-6-2-3-7-18(17)27)24-25-21(19)23(28)26(22)13-16-5-4-12-29-16/h2-12,22,27H,13H2,1H3,(H,24,25)/t22-/m1/s1. The van der Waals surface area contributed by atoms with Crippen molar-refractivity contribution >= 4 is 5.91 Å². The summed E-state index contributed by atoms with van der Waals surface area (Å²) in [7, 11) is 0. The molecule has 0 spiro atoms. The normalized spacial score (nSPS) is 15.7. The number of aryl methyl sites for hydroxylation is 1. The molecule has 2 aromatic heterocycles. The number of aromatic nitrogens is 2. The number of aromatic hydroxyl groups is 1. The van der Waals surface area contributed by atoms with E-state index in [0.29, 0.717) is 29.3 Å². The van der Waals surface area contributed by atoms with E-state index in [4.69, 9.17) is 4.42 Å². The number of rotatable bonds is 4. The number of fused-ring (bicyclic) bond motifs is 1. The lowest BCUT2D eigenvalue weighted by atomic mass is 9.95. The van der Waals surface area contributed by atoms with E-state index in [1.54, 1.807) is 29.4 Å². The van der Waals surface area contributed by atoms with Gasteiger partial charge in [0.05, 0.1) is 18.8 Å². The average molecular weight is 385 g/mol. The number of furan rings is 1. The maximum absolute atomic E-state index is 13.3. The van der Waals surface area contributed by atoms with Crippen LogP contribution in [0, 0.1) is 6.92 Å². The Morgan fingerprint density at radius 3 is 2.62 bits per heavy atom. The number of phenolic OH excluding ortho intramolecular Hbond substituents is 1. The molecule has 1 amide bonds. The Kier molecular flexibility index (Phi) is 3.98. The number of hydrogen-bond donors (Lipinski definition) is 2. The summed E-state index contributed by atoms with van der Waals surface area (Å²) in [5.41, 5.74) is 4.51. The van der Waals surface area contributed by atoms with Gasteiger partial charge in [-0.05, 0) is 36.8 Å². The molecule has 3 heterocycles. The minimum absolute atomic E-state index is 0.126. The number of phenols is 1. The molecule has 0 unspecified atom stereocenters. The largest absolute Gasteiger partial charge is 0.507 e. The number of nitrogens with one attached hydrogen (secondary N) is 1. The number of carbonyl (C=O) groups is 1. The molecule has 0 fully saturated rings. The Hall–Kier alpha value is -3.80. The topological polar surface area (TPSA) is 82.4 Å². The van der Waals surface area contributed by atoms with E-state index in [0.717, 1.165) is 16.7 Å². The van der Waals surface area contributed by atoms with E-state index in [9.17, 15) is 9.90 Å². The van der Waals surface area contributed by atoms with Gasteiger partial charge in [0, 0.05) is 11.1 Å². The van der Waals surface area contributed by atoms with Crippen LogP contribution in [0.1, 0.15) is 39.0 Å². The van der Waals surface area contributed by atoms with E-state index in [1.165, 1.54) is 0 Å². The summed E-state index contributed by atoms with van der Waals surface area (Å²) in [6.45, 7) is 2.37. The van der Waals surface area contributed by atoms with Crippen LogP contribution in [-0.2, 0) is 6.54 Å². The molecule has 1 aliphatic rings. The lowest BCUT2D eigenvalue weighted by Crippen LogP contribution is -2.28. The number of nitrogens with zero attached hydrogens (tertiary/aromatic N) is 2. The van der Waals surface area contributed by atoms with Gasteiger partial charge in [0.15, 0.2) is 0 Å². The summed E-state index contributed by atoms with van der Waals surface area (Å²) in [4.78, 5) is 15.0. The molecule has 0 saturated heterocycles. The highest BCUT2D eigenvalue weighted by atomic mass is 16.3. The van der Waals surface area contributed by atoms with Crippen LogP contribution in [-0.4, -0.2) is 26.1 Å². The van der Waals surface area contributed by atoms with Gasteiger partial charge < -0.3 is 14.4 Å². The predicted molar refractivity (Wildman–Crippen MR) is 107 cm³/mol. The third-order valence-electron chi connectivity index (χ3n) is 5.32. The SMILES string of the molecule is Cc1ccc([C@@H]2c3c(-c4ccccc4O)n[nH]c3C(=O)N2Cc2ccco2)cc1. The van der Waals surface area contributed by atoms with Gasteiger partial charge >= 0.3 is 0 Å². The molecule has 144 valence electrons. The highest BCUT2D eigenvalue weighted by Gasteiger charge is 2.42. The monoisotopic (exact) mass is 385 g/mol. The number of aromatic amines is 1. The molecule has 6 nitrogen and oxygen atoms in total. The van der Waals surface area contributed by atoms with Gasteiger partial charge in [0.25, 0.3) is 5.91 Å². The van der Waals surface area contributed by atoms with E-state index in [2.05, 4.69) is 10.2 Å². The van der Waals surface area contributed by atoms with Crippen molar-refractivity contribution in [3.05, 3.63) is 95.1 Å². The van der Waals surface area contributed by atoms with Crippen LogP contribution in [0.15, 0.2) is 71.3 Å². The molecule has 1 aliphatic heterocycles. The fourth-order valence-corrected chi connectivity index (χ4v) is 3.90. The molecule has 4 aromatic rings. The first-order valence-corrected chi connectivity index (χ1v) is 9.40. The Labute approximate surface area is 167 Å². The Morgan fingerprint density at radius 2 is 1.90 bits per heavy atom. The minimum atomic E-state index is -0.337. The Morgan fingerprint density at radius 1 is 1.10 bits per heavy atom. The molecule has 2 N–H and O–H groups in total. The van der Waals surface area contributed by atoms with Crippen molar-refractivity contribution in [1.29, 1.82) is 0 Å². The minimum Gasteiger partial charge on any atom is -0.507 e. The first-order valence-electron chi connectivity index (χ1n) is 9.40. The van der Waals surface area contributed by atoms with E-state index < -0.39 is 0 Å². The van der Waals surface area contributed by atoms with Crippen molar-refractivity contribution in [2.45, 2.75) is 19.5 Å². The fourth-order valence-electron chi connectivity index (χ4n) is 3.90. The van der Waals surface area contributed by atoms with Gasteiger partial charge in [-0.15, -0.1) is 0 Å². The number of H-pyrrole nitrogens is 1. The Bertz CT molecular complexity index is 1180. The molecule has 5 rings (SSSR count). The van der Waals surface area contributed by atoms with Crippen LogP contribution in [0.3, 0.4) is 0 Å². The van der Waals surface area contributed by atoms with Crippen molar-refractivity contribution in [2.24, 2.45) is 0 Å². The predicted octanol–water partition coefficient (Wildman–Crippen LogP) is 4.43. The van der Waals surface area contributed by atoms with E-state index >= 15 is 0 Å². The van der Waals surface area contributed by atoms with Gasteiger partial charge in [-0.2, -0.15) is 5.10 Å². The number of hydrogen-bond acceptors (Lipinski definition) is 4. The van der Waals surface area contributed by atoms with Crippen molar-refractivity contribution in [3.8, 4) is 17.0 Å². The van der Waals surface area contributed by atoms with Crippen LogP contribution >= 0.6 is 0 Å².